The second-order valence-electron chi connectivity index (χ2n) is 7.67. The molecule has 2 aromatic rings. The number of carbonyl (C=O) groups is 1. The molecule has 0 saturated carbocycles. The average molecular weight is 384 g/mol. The molecule has 152 valence electrons. The van der Waals surface area contributed by atoms with Crippen LogP contribution in [0.15, 0.2) is 36.4 Å². The maximum Gasteiger partial charge on any atom is 0.260 e. The van der Waals surface area contributed by atoms with E-state index in [2.05, 4.69) is 30.4 Å². The lowest BCUT2D eigenvalue weighted by atomic mass is 10.1. The van der Waals surface area contributed by atoms with Crippen molar-refractivity contribution in [3.63, 3.8) is 0 Å². The van der Waals surface area contributed by atoms with Gasteiger partial charge in [-0.3, -0.25) is 4.79 Å². The van der Waals surface area contributed by atoms with Crippen molar-refractivity contribution in [1.82, 2.24) is 5.32 Å². The van der Waals surface area contributed by atoms with Crippen molar-refractivity contribution in [2.75, 3.05) is 6.54 Å². The minimum atomic E-state index is -0.521. The normalized spacial score (nSPS) is 12.0. The molecule has 0 unspecified atom stereocenters. The molecule has 1 N–H and O–H groups in total. The Balaban J connectivity index is 1.76. The number of hydrogen-bond acceptors (Lipinski definition) is 3. The molecule has 0 fully saturated rings. The summed E-state index contributed by atoms with van der Waals surface area (Å²) in [6, 6.07) is 12.3. The van der Waals surface area contributed by atoms with E-state index in [4.69, 9.17) is 9.47 Å². The van der Waals surface area contributed by atoms with E-state index in [-0.39, 0.29) is 12.0 Å². The molecule has 2 rings (SSSR count). The number of nitrogens with one attached hydrogen (secondary N) is 1. The lowest BCUT2D eigenvalue weighted by molar-refractivity contribution is -0.127. The Morgan fingerprint density at radius 1 is 1.00 bits per heavy atom. The summed E-state index contributed by atoms with van der Waals surface area (Å²) in [5, 5.41) is 2.97. The van der Waals surface area contributed by atoms with Gasteiger partial charge in [0.15, 0.2) is 6.10 Å². The summed E-state index contributed by atoms with van der Waals surface area (Å²) in [6.07, 6.45) is 1.45. The lowest BCUT2D eigenvalue weighted by Gasteiger charge is -2.18. The summed E-state index contributed by atoms with van der Waals surface area (Å²) in [6.45, 7) is 12.6. The highest BCUT2D eigenvalue weighted by Crippen LogP contribution is 2.24. The van der Waals surface area contributed by atoms with Gasteiger partial charge >= 0.3 is 0 Å². The van der Waals surface area contributed by atoms with Crippen molar-refractivity contribution < 1.29 is 14.3 Å². The number of rotatable bonds is 9. The zero-order valence-electron chi connectivity index (χ0n) is 18.0. The molecule has 1 atom stereocenters. The van der Waals surface area contributed by atoms with Crippen molar-refractivity contribution in [3.05, 3.63) is 58.7 Å². The first kappa shape index (κ1) is 21.8. The summed E-state index contributed by atoms with van der Waals surface area (Å²) in [7, 11) is 0. The number of ether oxygens (including phenoxy) is 2. The Bertz CT molecular complexity index is 781. The molecule has 0 radical (unpaired) electrons. The van der Waals surface area contributed by atoms with Crippen molar-refractivity contribution >= 4 is 5.91 Å². The van der Waals surface area contributed by atoms with Crippen LogP contribution in [-0.2, 0) is 11.2 Å². The largest absolute Gasteiger partial charge is 0.491 e. The molecular weight excluding hydrogens is 350 g/mol. The summed E-state index contributed by atoms with van der Waals surface area (Å²) < 4.78 is 11.6. The van der Waals surface area contributed by atoms with Crippen molar-refractivity contribution in [1.29, 1.82) is 0 Å². The fourth-order valence-electron chi connectivity index (χ4n) is 3.02. The summed E-state index contributed by atoms with van der Waals surface area (Å²) >= 11 is 0. The SMILES string of the molecule is Cc1cc(C)c(C)c(O[C@@H](C)C(=O)NCCCc2ccc(OC(C)C)cc2)c1. The van der Waals surface area contributed by atoms with Gasteiger partial charge in [0.2, 0.25) is 0 Å². The monoisotopic (exact) mass is 383 g/mol. The molecule has 0 aromatic heterocycles. The predicted octanol–water partition coefficient (Wildman–Crippen LogP) is 4.92. The molecular formula is C24H33NO3. The molecule has 0 bridgehead atoms. The minimum Gasteiger partial charge on any atom is -0.491 e. The van der Waals surface area contributed by atoms with E-state index >= 15 is 0 Å². The fourth-order valence-corrected chi connectivity index (χ4v) is 3.02. The van der Waals surface area contributed by atoms with Crippen LogP contribution in [0.1, 0.15) is 49.4 Å². The van der Waals surface area contributed by atoms with Crippen LogP contribution >= 0.6 is 0 Å². The standard InChI is InChI=1S/C24H33NO3/c1-16(2)27-22-11-9-21(10-12-22)8-7-13-25-24(26)20(6)28-23-15-17(3)14-18(4)19(23)5/h9-12,14-16,20H,7-8,13H2,1-6H3,(H,25,26)/t20-/m0/s1. The van der Waals surface area contributed by atoms with Crippen LogP contribution in [-0.4, -0.2) is 24.7 Å². The Morgan fingerprint density at radius 3 is 2.32 bits per heavy atom. The molecule has 0 heterocycles. The molecule has 4 nitrogen and oxygen atoms in total. The van der Waals surface area contributed by atoms with Gasteiger partial charge in [-0.1, -0.05) is 18.2 Å². The second kappa shape index (κ2) is 10.2. The maximum absolute atomic E-state index is 12.3. The van der Waals surface area contributed by atoms with Crippen LogP contribution in [0, 0.1) is 20.8 Å². The Hall–Kier alpha value is -2.49. The maximum atomic E-state index is 12.3. The van der Waals surface area contributed by atoms with E-state index < -0.39 is 6.10 Å². The third-order valence-corrected chi connectivity index (χ3v) is 4.67. The van der Waals surface area contributed by atoms with Crippen LogP contribution in [0.4, 0.5) is 0 Å². The number of hydrogen-bond donors (Lipinski definition) is 1. The third-order valence-electron chi connectivity index (χ3n) is 4.67. The van der Waals surface area contributed by atoms with Crippen LogP contribution in [0.3, 0.4) is 0 Å². The van der Waals surface area contributed by atoms with Gasteiger partial charge in [-0.25, -0.2) is 0 Å². The van der Waals surface area contributed by atoms with Crippen LogP contribution < -0.4 is 14.8 Å². The van der Waals surface area contributed by atoms with Crippen molar-refractivity contribution in [3.8, 4) is 11.5 Å². The van der Waals surface area contributed by atoms with E-state index in [1.54, 1.807) is 6.92 Å². The molecule has 0 aliphatic rings. The van der Waals surface area contributed by atoms with Crippen molar-refractivity contribution in [2.24, 2.45) is 0 Å². The fraction of sp³-hybridized carbons (Fsp3) is 0.458. The van der Waals surface area contributed by atoms with Gasteiger partial charge in [0, 0.05) is 6.54 Å². The second-order valence-corrected chi connectivity index (χ2v) is 7.67. The van der Waals surface area contributed by atoms with E-state index in [9.17, 15) is 4.79 Å². The molecule has 0 spiro atoms. The van der Waals surface area contributed by atoms with E-state index in [1.807, 2.05) is 45.9 Å². The van der Waals surface area contributed by atoms with Gasteiger partial charge in [-0.15, -0.1) is 0 Å². The summed E-state index contributed by atoms with van der Waals surface area (Å²) in [4.78, 5) is 12.3. The molecule has 1 amide bonds. The van der Waals surface area contributed by atoms with E-state index in [1.165, 1.54) is 11.1 Å². The van der Waals surface area contributed by atoms with Gasteiger partial charge in [0.05, 0.1) is 6.10 Å². The topological polar surface area (TPSA) is 47.6 Å². The predicted molar refractivity (Wildman–Crippen MR) is 114 cm³/mol. The van der Waals surface area contributed by atoms with Gasteiger partial charge in [0.1, 0.15) is 11.5 Å². The Kier molecular flexibility index (Phi) is 7.91. The molecule has 0 saturated heterocycles. The molecule has 0 aliphatic carbocycles. The first-order valence-electron chi connectivity index (χ1n) is 10.0. The van der Waals surface area contributed by atoms with Crippen LogP contribution in [0.25, 0.3) is 0 Å². The minimum absolute atomic E-state index is 0.0840. The highest BCUT2D eigenvalue weighted by molar-refractivity contribution is 5.80. The average Bonchev–Trinajstić information content (AvgIpc) is 2.63. The number of aryl methyl sites for hydroxylation is 3. The number of carbonyl (C=O) groups excluding carboxylic acids is 1. The van der Waals surface area contributed by atoms with Gasteiger partial charge in [-0.05, 0) is 94.8 Å². The number of benzene rings is 2. The third kappa shape index (κ3) is 6.59. The first-order valence-corrected chi connectivity index (χ1v) is 10.0. The van der Waals surface area contributed by atoms with Crippen LogP contribution in [0.2, 0.25) is 0 Å². The quantitative estimate of drug-likeness (QED) is 0.626. The lowest BCUT2D eigenvalue weighted by Crippen LogP contribution is -2.37. The molecule has 0 aliphatic heterocycles. The molecule has 28 heavy (non-hydrogen) atoms. The Labute approximate surface area is 169 Å². The highest BCUT2D eigenvalue weighted by atomic mass is 16.5. The highest BCUT2D eigenvalue weighted by Gasteiger charge is 2.16. The van der Waals surface area contributed by atoms with Gasteiger partial charge < -0.3 is 14.8 Å². The van der Waals surface area contributed by atoms with Gasteiger partial charge in [-0.2, -0.15) is 0 Å². The van der Waals surface area contributed by atoms with Crippen molar-refractivity contribution in [2.45, 2.75) is 66.6 Å². The zero-order valence-corrected chi connectivity index (χ0v) is 18.0. The molecule has 2 aromatic carbocycles. The molecule has 4 heteroatoms. The van der Waals surface area contributed by atoms with E-state index in [0.717, 1.165) is 35.5 Å². The first-order chi connectivity index (χ1) is 13.3. The van der Waals surface area contributed by atoms with Gasteiger partial charge in [0.25, 0.3) is 5.91 Å². The smallest absolute Gasteiger partial charge is 0.260 e. The summed E-state index contributed by atoms with van der Waals surface area (Å²) in [5.74, 6) is 1.59. The Morgan fingerprint density at radius 2 is 1.68 bits per heavy atom. The zero-order chi connectivity index (χ0) is 20.7. The van der Waals surface area contributed by atoms with Crippen LogP contribution in [0.5, 0.6) is 11.5 Å². The summed E-state index contributed by atoms with van der Waals surface area (Å²) in [5.41, 5.74) is 4.62. The van der Waals surface area contributed by atoms with E-state index in [0.29, 0.717) is 6.54 Å². The number of amides is 1.